The van der Waals surface area contributed by atoms with Crippen molar-refractivity contribution in [1.29, 1.82) is 0 Å². The van der Waals surface area contributed by atoms with Crippen LogP contribution in [0.2, 0.25) is 0 Å². The zero-order valence-corrected chi connectivity index (χ0v) is 6.43. The maximum atomic E-state index is 12.5. The van der Waals surface area contributed by atoms with E-state index in [1.807, 2.05) is 0 Å². The van der Waals surface area contributed by atoms with Crippen LogP contribution < -0.4 is 0 Å². The lowest BCUT2D eigenvalue weighted by Gasteiger charge is -2.18. The molecule has 1 atom stereocenters. The minimum Gasteiger partial charge on any atom is -0.239 e. The van der Waals surface area contributed by atoms with Gasteiger partial charge < -0.3 is 0 Å². The summed E-state index contributed by atoms with van der Waals surface area (Å²) in [4.78, 5) is 0. The van der Waals surface area contributed by atoms with Crippen LogP contribution in [0.15, 0.2) is 23.1 Å². The molecular weight excluding hydrogens is 217 g/mol. The Balaban J connectivity index is 3.28. The number of allylic oxidation sites excluding steroid dienone is 4. The molecule has 0 fully saturated rings. The van der Waals surface area contributed by atoms with Crippen LogP contribution in [0, 0.1) is 0 Å². The lowest BCUT2D eigenvalue weighted by Crippen LogP contribution is -2.22. The molecule has 80 valence electrons. The third-order valence-electron chi connectivity index (χ3n) is 1.61. The fraction of sp³-hybridized carbons (Fsp3) is 0.429. The molecule has 1 rings (SSSR count). The average Bonchev–Trinajstić information content (AvgIpc) is 1.98. The van der Waals surface area contributed by atoms with Gasteiger partial charge in [-0.3, -0.25) is 0 Å². The van der Waals surface area contributed by atoms with E-state index in [0.717, 1.165) is 0 Å². The molecule has 0 N–H and O–H groups in total. The van der Waals surface area contributed by atoms with Gasteiger partial charge in [-0.1, -0.05) is 0 Å². The van der Waals surface area contributed by atoms with Crippen molar-refractivity contribution in [2.45, 2.75) is 18.8 Å². The van der Waals surface area contributed by atoms with Gasteiger partial charge in [0, 0.05) is 6.42 Å². The van der Waals surface area contributed by atoms with Crippen LogP contribution in [-0.4, -0.2) is 12.3 Å². The van der Waals surface area contributed by atoms with Gasteiger partial charge in [-0.05, 0) is 0 Å². The summed E-state index contributed by atoms with van der Waals surface area (Å²) in [5.74, 6) is -6.61. The SMILES string of the molecule is FC1=C(F)C(C(F)(F)F)=C(F)C(F)C1. The zero-order valence-electron chi connectivity index (χ0n) is 6.43. The maximum Gasteiger partial charge on any atom is 0.421 e. The standard InChI is InChI=1S/C7H3F7/c8-2-1-3(9)6(11)4(5(2)10)7(12,13)14/h2H,1H2. The van der Waals surface area contributed by atoms with E-state index >= 15 is 0 Å². The van der Waals surface area contributed by atoms with Crippen LogP contribution in [-0.2, 0) is 0 Å². The number of rotatable bonds is 0. The minimum atomic E-state index is -5.43. The van der Waals surface area contributed by atoms with E-state index in [1.54, 1.807) is 0 Å². The molecule has 1 unspecified atom stereocenters. The van der Waals surface area contributed by atoms with Gasteiger partial charge in [0.2, 0.25) is 0 Å². The lowest BCUT2D eigenvalue weighted by atomic mass is 10.0. The highest BCUT2D eigenvalue weighted by atomic mass is 19.4. The molecule has 14 heavy (non-hydrogen) atoms. The quantitative estimate of drug-likeness (QED) is 0.546. The molecule has 0 aromatic heterocycles. The van der Waals surface area contributed by atoms with Crippen molar-refractivity contribution in [2.24, 2.45) is 0 Å². The molecule has 0 aliphatic heterocycles. The first kappa shape index (κ1) is 11.1. The number of hydrogen-bond acceptors (Lipinski definition) is 0. The van der Waals surface area contributed by atoms with Crippen molar-refractivity contribution in [3.8, 4) is 0 Å². The van der Waals surface area contributed by atoms with Gasteiger partial charge in [-0.25, -0.2) is 17.6 Å². The van der Waals surface area contributed by atoms with Crippen molar-refractivity contribution in [3.63, 3.8) is 0 Å². The Labute approximate surface area is 73.7 Å². The summed E-state index contributed by atoms with van der Waals surface area (Å²) in [7, 11) is 0. The first-order chi connectivity index (χ1) is 6.25. The normalized spacial score (nSPS) is 24.6. The van der Waals surface area contributed by atoms with Crippen LogP contribution in [0.3, 0.4) is 0 Å². The van der Waals surface area contributed by atoms with Gasteiger partial charge in [0.15, 0.2) is 12.0 Å². The van der Waals surface area contributed by atoms with Crippen molar-refractivity contribution >= 4 is 0 Å². The summed E-state index contributed by atoms with van der Waals surface area (Å²) in [5, 5.41) is 0. The monoisotopic (exact) mass is 220 g/mol. The Morgan fingerprint density at radius 1 is 1.07 bits per heavy atom. The van der Waals surface area contributed by atoms with E-state index in [1.165, 1.54) is 0 Å². The summed E-state index contributed by atoms with van der Waals surface area (Å²) < 4.78 is 85.4. The van der Waals surface area contributed by atoms with Gasteiger partial charge >= 0.3 is 6.18 Å². The van der Waals surface area contributed by atoms with Crippen LogP contribution >= 0.6 is 0 Å². The van der Waals surface area contributed by atoms with Crippen molar-refractivity contribution < 1.29 is 30.7 Å². The number of halogens is 7. The Bertz CT molecular complexity index is 308. The number of alkyl halides is 4. The summed E-state index contributed by atoms with van der Waals surface area (Å²) >= 11 is 0. The molecule has 0 saturated carbocycles. The second kappa shape index (κ2) is 3.29. The molecule has 0 spiro atoms. The van der Waals surface area contributed by atoms with Gasteiger partial charge in [-0.2, -0.15) is 13.2 Å². The molecule has 0 aromatic carbocycles. The highest BCUT2D eigenvalue weighted by Crippen LogP contribution is 2.42. The van der Waals surface area contributed by atoms with Crippen molar-refractivity contribution in [1.82, 2.24) is 0 Å². The van der Waals surface area contributed by atoms with E-state index in [9.17, 15) is 30.7 Å². The molecule has 7 heteroatoms. The summed E-state index contributed by atoms with van der Waals surface area (Å²) in [6.45, 7) is 0. The predicted octanol–water partition coefficient (Wildman–Crippen LogP) is 3.66. The average molecular weight is 220 g/mol. The molecule has 0 radical (unpaired) electrons. The molecular formula is C7H3F7. The second-order valence-corrected chi connectivity index (χ2v) is 2.61. The van der Waals surface area contributed by atoms with Crippen LogP contribution in [0.25, 0.3) is 0 Å². The minimum absolute atomic E-state index is 1.34. The largest absolute Gasteiger partial charge is 0.421 e. The van der Waals surface area contributed by atoms with Gasteiger partial charge in [0.25, 0.3) is 0 Å². The molecule has 0 bridgehead atoms. The number of hydrogen-bond donors (Lipinski definition) is 0. The third kappa shape index (κ3) is 1.76. The highest BCUT2D eigenvalue weighted by molar-refractivity contribution is 5.39. The Hall–Kier alpha value is -1.01. The molecule has 0 nitrogen and oxygen atoms in total. The highest BCUT2D eigenvalue weighted by Gasteiger charge is 2.46. The molecule has 0 heterocycles. The Kier molecular flexibility index (Phi) is 2.60. The van der Waals surface area contributed by atoms with Crippen LogP contribution in [0.1, 0.15) is 6.42 Å². The van der Waals surface area contributed by atoms with Gasteiger partial charge in [0.1, 0.15) is 17.2 Å². The molecule has 0 aromatic rings. The molecule has 0 amide bonds. The molecule has 1 aliphatic rings. The summed E-state index contributed by atoms with van der Waals surface area (Å²) in [5.41, 5.74) is -2.49. The van der Waals surface area contributed by atoms with E-state index < -0.39 is 41.8 Å². The topological polar surface area (TPSA) is 0 Å². The van der Waals surface area contributed by atoms with Crippen LogP contribution in [0.5, 0.6) is 0 Å². The zero-order chi connectivity index (χ0) is 11.1. The van der Waals surface area contributed by atoms with Crippen molar-refractivity contribution in [3.05, 3.63) is 23.1 Å². The Morgan fingerprint density at radius 2 is 1.57 bits per heavy atom. The van der Waals surface area contributed by atoms with E-state index in [4.69, 9.17) is 0 Å². The maximum absolute atomic E-state index is 12.5. The molecule has 1 aliphatic carbocycles. The first-order valence-corrected chi connectivity index (χ1v) is 3.40. The second-order valence-electron chi connectivity index (χ2n) is 2.61. The van der Waals surface area contributed by atoms with Gasteiger partial charge in [-0.15, -0.1) is 0 Å². The van der Waals surface area contributed by atoms with E-state index in [0.29, 0.717) is 0 Å². The summed E-state index contributed by atoms with van der Waals surface area (Å²) in [6.07, 6.45) is -9.54. The molecule has 0 saturated heterocycles. The Morgan fingerprint density at radius 3 is 2.00 bits per heavy atom. The first-order valence-electron chi connectivity index (χ1n) is 3.40. The van der Waals surface area contributed by atoms with E-state index in [2.05, 4.69) is 0 Å². The fourth-order valence-corrected chi connectivity index (χ4v) is 0.993. The fourth-order valence-electron chi connectivity index (χ4n) is 0.993. The smallest absolute Gasteiger partial charge is 0.239 e. The van der Waals surface area contributed by atoms with Gasteiger partial charge in [0.05, 0.1) is 0 Å². The summed E-state index contributed by atoms with van der Waals surface area (Å²) in [6, 6.07) is 0. The lowest BCUT2D eigenvalue weighted by molar-refractivity contribution is -0.0948. The van der Waals surface area contributed by atoms with Crippen LogP contribution in [0.4, 0.5) is 30.7 Å². The van der Waals surface area contributed by atoms with E-state index in [-0.39, 0.29) is 0 Å². The van der Waals surface area contributed by atoms with Crippen molar-refractivity contribution in [2.75, 3.05) is 0 Å². The third-order valence-corrected chi connectivity index (χ3v) is 1.61. The predicted molar refractivity (Wildman–Crippen MR) is 32.9 cm³/mol.